The lowest BCUT2D eigenvalue weighted by atomic mass is 10.1. The molecule has 110 valence electrons. The Balaban J connectivity index is 2.10. The summed E-state index contributed by atoms with van der Waals surface area (Å²) in [4.78, 5) is 2.79. The van der Waals surface area contributed by atoms with Crippen LogP contribution in [0.2, 0.25) is 0 Å². The van der Waals surface area contributed by atoms with Gasteiger partial charge in [-0.25, -0.2) is 0 Å². The molecule has 2 aromatic rings. The van der Waals surface area contributed by atoms with Crippen molar-refractivity contribution in [1.29, 1.82) is 0 Å². The maximum absolute atomic E-state index is 4.55. The van der Waals surface area contributed by atoms with Gasteiger partial charge < -0.3 is 5.32 Å². The van der Waals surface area contributed by atoms with Crippen LogP contribution in [0.25, 0.3) is 0 Å². The van der Waals surface area contributed by atoms with E-state index in [9.17, 15) is 0 Å². The second-order valence-corrected chi connectivity index (χ2v) is 7.82. The molecule has 0 spiro atoms. The minimum Gasteiger partial charge on any atom is -0.307 e. The largest absolute Gasteiger partial charge is 0.307 e. The summed E-state index contributed by atoms with van der Waals surface area (Å²) < 4.78 is 2.09. The molecular weight excluding hydrogens is 266 g/mol. The van der Waals surface area contributed by atoms with Gasteiger partial charge in [0.15, 0.2) is 0 Å². The molecule has 0 aliphatic carbocycles. The van der Waals surface area contributed by atoms with E-state index in [0.717, 1.165) is 18.8 Å². The van der Waals surface area contributed by atoms with Crippen LogP contribution >= 0.6 is 11.3 Å². The summed E-state index contributed by atoms with van der Waals surface area (Å²) in [6.07, 6.45) is 0. The van der Waals surface area contributed by atoms with E-state index >= 15 is 0 Å². The smallest absolute Gasteiger partial charge is 0.0673 e. The zero-order valence-electron chi connectivity index (χ0n) is 13.4. The van der Waals surface area contributed by atoms with Crippen LogP contribution in [0.3, 0.4) is 0 Å². The van der Waals surface area contributed by atoms with E-state index < -0.39 is 0 Å². The molecule has 4 heteroatoms. The topological polar surface area (TPSA) is 29.9 Å². The van der Waals surface area contributed by atoms with Crippen LogP contribution in [0, 0.1) is 20.8 Å². The Morgan fingerprint density at radius 1 is 1.20 bits per heavy atom. The third-order valence-electron chi connectivity index (χ3n) is 3.29. The van der Waals surface area contributed by atoms with Crippen LogP contribution in [-0.4, -0.2) is 15.3 Å². The molecule has 2 aromatic heterocycles. The summed E-state index contributed by atoms with van der Waals surface area (Å²) in [5.41, 5.74) is 3.85. The molecule has 0 radical (unpaired) electrons. The molecule has 1 N–H and O–H groups in total. The van der Waals surface area contributed by atoms with E-state index in [2.05, 4.69) is 61.8 Å². The molecule has 0 unspecified atom stereocenters. The van der Waals surface area contributed by atoms with Crippen molar-refractivity contribution in [3.8, 4) is 0 Å². The lowest BCUT2D eigenvalue weighted by Gasteiger charge is -2.19. The van der Waals surface area contributed by atoms with Gasteiger partial charge in [0.2, 0.25) is 0 Å². The van der Waals surface area contributed by atoms with Crippen LogP contribution < -0.4 is 5.32 Å². The predicted octanol–water partition coefficient (Wildman–Crippen LogP) is 3.81. The summed E-state index contributed by atoms with van der Waals surface area (Å²) in [6.45, 7) is 14.8. The summed E-state index contributed by atoms with van der Waals surface area (Å²) in [5, 5.41) is 8.09. The van der Waals surface area contributed by atoms with Gasteiger partial charge in [-0.3, -0.25) is 4.68 Å². The lowest BCUT2D eigenvalue weighted by Crippen LogP contribution is -2.34. The Labute approximate surface area is 126 Å². The highest BCUT2D eigenvalue weighted by Gasteiger charge is 2.12. The van der Waals surface area contributed by atoms with E-state index in [4.69, 9.17) is 0 Å². The Hall–Kier alpha value is -1.13. The van der Waals surface area contributed by atoms with Crippen molar-refractivity contribution in [2.75, 3.05) is 0 Å². The van der Waals surface area contributed by atoms with E-state index in [0.29, 0.717) is 0 Å². The molecule has 0 aliphatic rings. The molecule has 0 saturated heterocycles. The summed E-state index contributed by atoms with van der Waals surface area (Å²) in [7, 11) is 0. The number of aromatic nitrogens is 2. The van der Waals surface area contributed by atoms with Gasteiger partial charge in [-0.05, 0) is 59.2 Å². The molecule has 2 rings (SSSR count). The highest BCUT2D eigenvalue weighted by molar-refractivity contribution is 7.12. The zero-order chi connectivity index (χ0) is 14.9. The first kappa shape index (κ1) is 15.3. The number of hydrogen-bond donors (Lipinski definition) is 1. The molecule has 0 amide bonds. The predicted molar refractivity (Wildman–Crippen MR) is 86.5 cm³/mol. The Morgan fingerprint density at radius 2 is 1.90 bits per heavy atom. The summed E-state index contributed by atoms with van der Waals surface area (Å²) in [6, 6.07) is 4.44. The quantitative estimate of drug-likeness (QED) is 0.928. The number of nitrogens with one attached hydrogen (secondary N) is 1. The normalized spacial score (nSPS) is 12.1. The third kappa shape index (κ3) is 3.93. The summed E-state index contributed by atoms with van der Waals surface area (Å²) >= 11 is 1.88. The fraction of sp³-hybridized carbons (Fsp3) is 0.562. The minimum absolute atomic E-state index is 0.160. The van der Waals surface area contributed by atoms with Crippen molar-refractivity contribution >= 4 is 11.3 Å². The molecule has 2 heterocycles. The number of hydrogen-bond acceptors (Lipinski definition) is 3. The highest BCUT2D eigenvalue weighted by Crippen LogP contribution is 2.23. The maximum atomic E-state index is 4.55. The maximum Gasteiger partial charge on any atom is 0.0673 e. The molecule has 0 aromatic carbocycles. The Morgan fingerprint density at radius 3 is 2.45 bits per heavy atom. The average molecular weight is 291 g/mol. The SMILES string of the molecule is Cc1cc(C)n(Cc2cc(CNC(C)(C)C)sc2C)n1. The molecular formula is C16H25N3S. The van der Waals surface area contributed by atoms with E-state index in [1.165, 1.54) is 21.0 Å². The third-order valence-corrected chi connectivity index (χ3v) is 4.38. The number of aryl methyl sites for hydroxylation is 3. The second-order valence-electron chi connectivity index (χ2n) is 6.48. The van der Waals surface area contributed by atoms with Gasteiger partial charge >= 0.3 is 0 Å². The van der Waals surface area contributed by atoms with E-state index in [1.807, 2.05) is 18.3 Å². The van der Waals surface area contributed by atoms with Crippen LogP contribution in [0.4, 0.5) is 0 Å². The van der Waals surface area contributed by atoms with Gasteiger partial charge in [-0.15, -0.1) is 11.3 Å². The van der Waals surface area contributed by atoms with Gasteiger partial charge in [0, 0.05) is 27.5 Å². The molecule has 0 aliphatic heterocycles. The van der Waals surface area contributed by atoms with Crippen molar-refractivity contribution in [2.45, 2.75) is 60.2 Å². The van der Waals surface area contributed by atoms with Gasteiger partial charge in [0.05, 0.1) is 12.2 Å². The molecule has 3 nitrogen and oxygen atoms in total. The molecule has 20 heavy (non-hydrogen) atoms. The average Bonchev–Trinajstić information content (AvgIpc) is 2.80. The van der Waals surface area contributed by atoms with Crippen LogP contribution in [0.5, 0.6) is 0 Å². The Bertz CT molecular complexity index is 587. The van der Waals surface area contributed by atoms with Crippen molar-refractivity contribution in [1.82, 2.24) is 15.1 Å². The van der Waals surface area contributed by atoms with Gasteiger partial charge in [-0.1, -0.05) is 0 Å². The molecule has 0 fully saturated rings. The molecule has 0 bridgehead atoms. The molecule has 0 atom stereocenters. The first-order valence-corrected chi connectivity index (χ1v) is 7.90. The van der Waals surface area contributed by atoms with Crippen LogP contribution in [0.15, 0.2) is 12.1 Å². The standard InChI is InChI=1S/C16H25N3S/c1-11-7-12(2)19(18-11)10-14-8-15(20-13(14)3)9-17-16(4,5)6/h7-8,17H,9-10H2,1-6H3. The van der Waals surface area contributed by atoms with Crippen LogP contribution in [0.1, 0.15) is 47.5 Å². The van der Waals surface area contributed by atoms with Crippen molar-refractivity contribution in [3.05, 3.63) is 38.8 Å². The first-order valence-electron chi connectivity index (χ1n) is 7.09. The zero-order valence-corrected chi connectivity index (χ0v) is 14.2. The minimum atomic E-state index is 0.160. The molecule has 0 saturated carbocycles. The first-order chi connectivity index (χ1) is 9.24. The lowest BCUT2D eigenvalue weighted by molar-refractivity contribution is 0.426. The number of thiophene rings is 1. The fourth-order valence-electron chi connectivity index (χ4n) is 2.18. The monoisotopic (exact) mass is 291 g/mol. The highest BCUT2D eigenvalue weighted by atomic mass is 32.1. The number of rotatable bonds is 4. The fourth-order valence-corrected chi connectivity index (χ4v) is 3.17. The van der Waals surface area contributed by atoms with Crippen molar-refractivity contribution in [2.24, 2.45) is 0 Å². The van der Waals surface area contributed by atoms with Gasteiger partial charge in [0.1, 0.15) is 0 Å². The van der Waals surface area contributed by atoms with Gasteiger partial charge in [-0.2, -0.15) is 5.10 Å². The second kappa shape index (κ2) is 5.70. The van der Waals surface area contributed by atoms with Crippen LogP contribution in [-0.2, 0) is 13.1 Å². The van der Waals surface area contributed by atoms with E-state index in [-0.39, 0.29) is 5.54 Å². The number of nitrogens with zero attached hydrogens (tertiary/aromatic N) is 2. The van der Waals surface area contributed by atoms with Crippen molar-refractivity contribution < 1.29 is 0 Å². The van der Waals surface area contributed by atoms with E-state index in [1.54, 1.807) is 0 Å². The van der Waals surface area contributed by atoms with Crippen molar-refractivity contribution in [3.63, 3.8) is 0 Å². The summed E-state index contributed by atoms with van der Waals surface area (Å²) in [5.74, 6) is 0. The van der Waals surface area contributed by atoms with Gasteiger partial charge in [0.25, 0.3) is 0 Å². The Kier molecular flexibility index (Phi) is 4.35.